The molecule has 0 saturated heterocycles. The number of benzene rings is 1. The van der Waals surface area contributed by atoms with Crippen molar-refractivity contribution in [3.8, 4) is 0 Å². The minimum atomic E-state index is -3.14. The van der Waals surface area contributed by atoms with Crippen molar-refractivity contribution in [2.24, 2.45) is 0 Å². The molecule has 4 nitrogen and oxygen atoms in total. The molecule has 0 amide bonds. The van der Waals surface area contributed by atoms with Crippen LogP contribution in [0.15, 0.2) is 30.3 Å². The Morgan fingerprint density at radius 2 is 2.00 bits per heavy atom. The third kappa shape index (κ3) is 6.94. The number of esters is 1. The summed E-state index contributed by atoms with van der Waals surface area (Å²) in [5.41, 5.74) is -0.0512. The maximum Gasteiger partial charge on any atom is 0.320 e. The number of rotatable bonds is 6. The van der Waals surface area contributed by atoms with Crippen molar-refractivity contribution in [3.05, 3.63) is 35.9 Å². The van der Waals surface area contributed by atoms with Gasteiger partial charge < -0.3 is 9.84 Å². The molecule has 0 aliphatic rings. The standard InChI is InChI=1S/C15H23NO3/c1-15(2,3)19-14(18)12-16(9-10-17)11-13-7-5-4-6-8-13/h4-8,17H,9-12H2,1-3H3/i9D2,10D2. The van der Waals surface area contributed by atoms with Gasteiger partial charge in [-0.25, -0.2) is 0 Å². The zero-order valence-electron chi connectivity index (χ0n) is 15.5. The van der Waals surface area contributed by atoms with E-state index in [0.29, 0.717) is 5.56 Å². The predicted octanol–water partition coefficient (Wildman–Crippen LogP) is 1.82. The second-order valence-corrected chi connectivity index (χ2v) is 5.15. The Morgan fingerprint density at radius 1 is 1.37 bits per heavy atom. The van der Waals surface area contributed by atoms with E-state index in [4.69, 9.17) is 10.2 Å². The van der Waals surface area contributed by atoms with E-state index in [-0.39, 0.29) is 6.54 Å². The molecule has 0 atom stereocenters. The average Bonchev–Trinajstić information content (AvgIpc) is 2.35. The number of ether oxygens (including phenoxy) is 1. The van der Waals surface area contributed by atoms with E-state index in [2.05, 4.69) is 0 Å². The van der Waals surface area contributed by atoms with Gasteiger partial charge in [0.05, 0.1) is 15.8 Å². The van der Waals surface area contributed by atoms with Crippen molar-refractivity contribution in [1.29, 1.82) is 0 Å². The fraction of sp³-hybridized carbons (Fsp3) is 0.533. The molecule has 1 aromatic rings. The van der Waals surface area contributed by atoms with Gasteiger partial charge in [-0.2, -0.15) is 0 Å². The summed E-state index contributed by atoms with van der Waals surface area (Å²) in [6, 6.07) is 8.76. The van der Waals surface area contributed by atoms with Crippen LogP contribution in [0.1, 0.15) is 31.8 Å². The van der Waals surface area contributed by atoms with Crippen molar-refractivity contribution < 1.29 is 20.1 Å². The lowest BCUT2D eigenvalue weighted by atomic mass is 10.2. The molecule has 106 valence electrons. The fourth-order valence-corrected chi connectivity index (χ4v) is 1.54. The monoisotopic (exact) mass is 269 g/mol. The number of hydrogen-bond donors (Lipinski definition) is 1. The van der Waals surface area contributed by atoms with Gasteiger partial charge >= 0.3 is 5.97 Å². The van der Waals surface area contributed by atoms with E-state index in [0.717, 1.165) is 4.90 Å². The summed E-state index contributed by atoms with van der Waals surface area (Å²) in [6.45, 7) is -1.37. The van der Waals surface area contributed by atoms with Crippen molar-refractivity contribution in [3.63, 3.8) is 0 Å². The third-order valence-corrected chi connectivity index (χ3v) is 2.16. The molecule has 0 fully saturated rings. The Labute approximate surface area is 120 Å². The van der Waals surface area contributed by atoms with E-state index in [1.165, 1.54) is 0 Å². The molecule has 0 radical (unpaired) electrons. The van der Waals surface area contributed by atoms with Crippen LogP contribution in [0.25, 0.3) is 0 Å². The number of hydrogen-bond acceptors (Lipinski definition) is 4. The van der Waals surface area contributed by atoms with Crippen LogP contribution in [-0.4, -0.2) is 41.2 Å². The largest absolute Gasteiger partial charge is 0.459 e. The fourth-order valence-electron chi connectivity index (χ4n) is 1.54. The van der Waals surface area contributed by atoms with Crippen LogP contribution < -0.4 is 0 Å². The van der Waals surface area contributed by atoms with Crippen molar-refractivity contribution in [1.82, 2.24) is 4.90 Å². The highest BCUT2D eigenvalue weighted by Crippen LogP contribution is 2.09. The van der Waals surface area contributed by atoms with Gasteiger partial charge in [0.15, 0.2) is 0 Å². The number of carbonyl (C=O) groups is 1. The van der Waals surface area contributed by atoms with Crippen LogP contribution in [0, 0.1) is 0 Å². The SMILES string of the molecule is [2H]C([2H])(O)C([2H])([2H])N(CC(=O)OC(C)(C)C)Cc1ccccc1. The number of carbonyl (C=O) groups excluding carboxylic acids is 1. The van der Waals surface area contributed by atoms with E-state index in [9.17, 15) is 9.90 Å². The lowest BCUT2D eigenvalue weighted by Gasteiger charge is -2.24. The lowest BCUT2D eigenvalue weighted by Crippen LogP contribution is -2.36. The van der Waals surface area contributed by atoms with Crippen LogP contribution >= 0.6 is 0 Å². The normalized spacial score (nSPS) is 16.3. The predicted molar refractivity (Wildman–Crippen MR) is 74.6 cm³/mol. The molecule has 0 aliphatic heterocycles. The maximum atomic E-state index is 12.0. The number of nitrogens with zero attached hydrogens (tertiary/aromatic N) is 1. The molecule has 0 bridgehead atoms. The maximum absolute atomic E-state index is 12.0. The summed E-state index contributed by atoms with van der Waals surface area (Å²) in [5, 5.41) is 9.50. The van der Waals surface area contributed by atoms with Gasteiger partial charge in [0.2, 0.25) is 0 Å². The van der Waals surface area contributed by atoms with Crippen LogP contribution in [0.4, 0.5) is 0 Å². The molecule has 19 heavy (non-hydrogen) atoms. The second-order valence-electron chi connectivity index (χ2n) is 5.15. The third-order valence-electron chi connectivity index (χ3n) is 2.16. The Bertz CT molecular complexity index is 524. The van der Waals surface area contributed by atoms with Gasteiger partial charge in [-0.05, 0) is 26.3 Å². The Morgan fingerprint density at radius 3 is 2.53 bits per heavy atom. The van der Waals surface area contributed by atoms with Crippen molar-refractivity contribution in [2.45, 2.75) is 32.9 Å². The molecule has 0 heterocycles. The first-order valence-electron chi connectivity index (χ1n) is 8.06. The van der Waals surface area contributed by atoms with E-state index in [1.807, 2.05) is 0 Å². The highest BCUT2D eigenvalue weighted by atomic mass is 16.6. The van der Waals surface area contributed by atoms with Crippen LogP contribution in [0.2, 0.25) is 0 Å². The second kappa shape index (κ2) is 7.26. The van der Waals surface area contributed by atoms with E-state index < -0.39 is 31.2 Å². The molecule has 0 unspecified atom stereocenters. The molecule has 1 rings (SSSR count). The van der Waals surface area contributed by atoms with Gasteiger partial charge in [-0.1, -0.05) is 30.3 Å². The Hall–Kier alpha value is -1.39. The summed E-state index contributed by atoms with van der Waals surface area (Å²) in [7, 11) is 0. The molecule has 0 spiro atoms. The van der Waals surface area contributed by atoms with Crippen LogP contribution in [0.3, 0.4) is 0 Å². The van der Waals surface area contributed by atoms with Crippen molar-refractivity contribution in [2.75, 3.05) is 19.6 Å². The first-order valence-corrected chi connectivity index (χ1v) is 6.06. The Kier molecular flexibility index (Phi) is 3.98. The molecular formula is C15H23NO3. The highest BCUT2D eigenvalue weighted by molar-refractivity contribution is 5.72. The summed E-state index contributed by atoms with van der Waals surface area (Å²) in [6.07, 6.45) is 0. The minimum Gasteiger partial charge on any atom is -0.459 e. The van der Waals surface area contributed by atoms with Gasteiger partial charge in [0.1, 0.15) is 5.60 Å². The van der Waals surface area contributed by atoms with E-state index in [1.54, 1.807) is 51.1 Å². The molecule has 1 N–H and O–H groups in total. The first-order chi connectivity index (χ1) is 10.3. The zero-order valence-corrected chi connectivity index (χ0v) is 11.5. The van der Waals surface area contributed by atoms with E-state index >= 15 is 0 Å². The van der Waals surface area contributed by atoms with Gasteiger partial charge in [-0.3, -0.25) is 9.69 Å². The quantitative estimate of drug-likeness (QED) is 0.800. The summed E-state index contributed by atoms with van der Waals surface area (Å²) in [4.78, 5) is 12.9. The molecule has 0 aliphatic carbocycles. The summed E-state index contributed by atoms with van der Waals surface area (Å²) >= 11 is 0. The first kappa shape index (κ1) is 10.4. The average molecular weight is 269 g/mol. The zero-order chi connectivity index (χ0) is 17.9. The highest BCUT2D eigenvalue weighted by Gasteiger charge is 2.18. The molecule has 0 aromatic heterocycles. The molecule has 4 heteroatoms. The van der Waals surface area contributed by atoms with Crippen LogP contribution in [0.5, 0.6) is 0 Å². The Balaban J connectivity index is 3.00. The summed E-state index contributed by atoms with van der Waals surface area (Å²) in [5.74, 6) is -0.693. The van der Waals surface area contributed by atoms with Gasteiger partial charge in [-0.15, -0.1) is 0 Å². The smallest absolute Gasteiger partial charge is 0.320 e. The molecule has 0 saturated carbocycles. The van der Waals surface area contributed by atoms with Crippen LogP contribution in [-0.2, 0) is 16.1 Å². The molecular weight excluding hydrogens is 242 g/mol. The summed E-state index contributed by atoms with van der Waals surface area (Å²) < 4.78 is 35.5. The number of aliphatic hydroxyl groups is 1. The molecule has 1 aromatic carbocycles. The lowest BCUT2D eigenvalue weighted by molar-refractivity contribution is -0.156. The minimum absolute atomic E-state index is 0.0485. The topological polar surface area (TPSA) is 49.8 Å². The van der Waals surface area contributed by atoms with Crippen molar-refractivity contribution >= 4 is 5.97 Å². The van der Waals surface area contributed by atoms with Gasteiger partial charge in [0, 0.05) is 15.8 Å². The van der Waals surface area contributed by atoms with Gasteiger partial charge in [0.25, 0.3) is 0 Å².